The van der Waals surface area contributed by atoms with Crippen LogP contribution in [0.5, 0.6) is 0 Å². The number of rotatable bonds is 3. The number of nitrogens with zero attached hydrogens (tertiary/aromatic N) is 2. The van der Waals surface area contributed by atoms with Crippen LogP contribution >= 0.6 is 0 Å². The minimum Gasteiger partial charge on any atom is -0.376 e. The van der Waals surface area contributed by atoms with Crippen LogP contribution in [-0.2, 0) is 4.74 Å². The van der Waals surface area contributed by atoms with E-state index in [0.717, 1.165) is 36.4 Å². The van der Waals surface area contributed by atoms with Crippen molar-refractivity contribution in [2.45, 2.75) is 25.4 Å². The summed E-state index contributed by atoms with van der Waals surface area (Å²) in [7, 11) is 0. The van der Waals surface area contributed by atoms with Crippen LogP contribution in [0.15, 0.2) is 18.3 Å². The number of hydrogen-bond acceptors (Lipinski definition) is 4. The molecule has 1 aliphatic rings. The molecule has 0 spiro atoms. The lowest BCUT2D eigenvalue weighted by molar-refractivity contribution is 0.0247. The Morgan fingerprint density at radius 3 is 3.29 bits per heavy atom. The van der Waals surface area contributed by atoms with Gasteiger partial charge < -0.3 is 10.1 Å². The quantitative estimate of drug-likeness (QED) is 0.849. The lowest BCUT2D eigenvalue weighted by Crippen LogP contribution is -2.27. The molecule has 1 saturated heterocycles. The van der Waals surface area contributed by atoms with Crippen molar-refractivity contribution in [3.05, 3.63) is 18.3 Å². The van der Waals surface area contributed by atoms with E-state index < -0.39 is 0 Å². The van der Waals surface area contributed by atoms with Gasteiger partial charge in [-0.2, -0.15) is 5.10 Å². The minimum absolute atomic E-state index is 0.322. The van der Waals surface area contributed by atoms with Gasteiger partial charge in [0.05, 0.1) is 12.3 Å². The topological polar surface area (TPSA) is 62.8 Å². The fraction of sp³-hybridized carbons (Fsp3) is 0.500. The van der Waals surface area contributed by atoms with Gasteiger partial charge in [0.2, 0.25) is 0 Å². The number of aromatic nitrogens is 3. The summed E-state index contributed by atoms with van der Waals surface area (Å²) in [5.74, 6) is 0.871. The van der Waals surface area contributed by atoms with Gasteiger partial charge in [-0.1, -0.05) is 0 Å². The fourth-order valence-electron chi connectivity index (χ4n) is 2.11. The van der Waals surface area contributed by atoms with Gasteiger partial charge in [-0.3, -0.25) is 5.10 Å². The third-order valence-corrected chi connectivity index (χ3v) is 3.09. The lowest BCUT2D eigenvalue weighted by atomic mass is 10.1. The van der Waals surface area contributed by atoms with Gasteiger partial charge in [-0.05, 0) is 31.4 Å². The first-order chi connectivity index (χ1) is 8.42. The molecule has 1 aliphatic heterocycles. The second-order valence-electron chi connectivity index (χ2n) is 4.37. The zero-order valence-electron chi connectivity index (χ0n) is 9.65. The molecule has 0 amide bonds. The van der Waals surface area contributed by atoms with Gasteiger partial charge in [-0.25, -0.2) is 4.98 Å². The summed E-state index contributed by atoms with van der Waals surface area (Å²) in [6.07, 6.45) is 5.69. The van der Waals surface area contributed by atoms with Crippen LogP contribution in [0.4, 0.5) is 5.82 Å². The Balaban J connectivity index is 1.63. The molecule has 1 atom stereocenters. The average molecular weight is 232 g/mol. The highest BCUT2D eigenvalue weighted by atomic mass is 16.5. The van der Waals surface area contributed by atoms with E-state index in [1.165, 1.54) is 12.8 Å². The van der Waals surface area contributed by atoms with Crippen molar-refractivity contribution < 1.29 is 4.74 Å². The zero-order chi connectivity index (χ0) is 11.5. The first-order valence-corrected chi connectivity index (χ1v) is 6.07. The van der Waals surface area contributed by atoms with E-state index in [2.05, 4.69) is 20.5 Å². The van der Waals surface area contributed by atoms with Gasteiger partial charge >= 0.3 is 0 Å². The highest BCUT2D eigenvalue weighted by Crippen LogP contribution is 2.15. The predicted molar refractivity (Wildman–Crippen MR) is 66.0 cm³/mol. The molecule has 5 heteroatoms. The van der Waals surface area contributed by atoms with Crippen molar-refractivity contribution in [3.8, 4) is 0 Å². The van der Waals surface area contributed by atoms with E-state index in [1.807, 2.05) is 12.1 Å². The lowest BCUT2D eigenvalue weighted by Gasteiger charge is -2.22. The van der Waals surface area contributed by atoms with Gasteiger partial charge in [0.15, 0.2) is 5.65 Å². The Labute approximate surface area is 99.6 Å². The summed E-state index contributed by atoms with van der Waals surface area (Å²) in [5.41, 5.74) is 0.819. The number of hydrogen-bond donors (Lipinski definition) is 2. The molecule has 2 aromatic heterocycles. The molecular formula is C12H16N4O. The molecule has 1 unspecified atom stereocenters. The summed E-state index contributed by atoms with van der Waals surface area (Å²) in [5, 5.41) is 11.2. The fourth-order valence-corrected chi connectivity index (χ4v) is 2.11. The average Bonchev–Trinajstić information content (AvgIpc) is 2.85. The number of anilines is 1. The molecule has 0 radical (unpaired) electrons. The second kappa shape index (κ2) is 4.71. The van der Waals surface area contributed by atoms with Gasteiger partial charge in [0.25, 0.3) is 0 Å². The standard InChI is InChI=1S/C12H16N4O/c1-2-6-17-10(3-1)8-13-11-5-4-9-7-14-16-12(9)15-11/h4-5,7,10H,1-3,6,8H2,(H2,13,14,15,16). The third-order valence-electron chi connectivity index (χ3n) is 3.09. The van der Waals surface area contributed by atoms with E-state index in [9.17, 15) is 0 Å². The Bertz CT molecular complexity index is 490. The van der Waals surface area contributed by atoms with Crippen molar-refractivity contribution in [2.24, 2.45) is 0 Å². The van der Waals surface area contributed by atoms with Crippen LogP contribution < -0.4 is 5.32 Å². The molecular weight excluding hydrogens is 216 g/mol. The van der Waals surface area contributed by atoms with Gasteiger partial charge in [0, 0.05) is 18.5 Å². The molecule has 0 aromatic carbocycles. The van der Waals surface area contributed by atoms with Crippen LogP contribution in [0, 0.1) is 0 Å². The molecule has 1 fully saturated rings. The summed E-state index contributed by atoms with van der Waals surface area (Å²) in [6.45, 7) is 1.71. The maximum Gasteiger partial charge on any atom is 0.157 e. The molecule has 0 saturated carbocycles. The van der Waals surface area contributed by atoms with Crippen LogP contribution in [0.1, 0.15) is 19.3 Å². The summed E-state index contributed by atoms with van der Waals surface area (Å²) in [4.78, 5) is 4.43. The molecule has 2 N–H and O–H groups in total. The molecule has 0 bridgehead atoms. The number of H-pyrrole nitrogens is 1. The molecule has 90 valence electrons. The largest absolute Gasteiger partial charge is 0.376 e. The highest BCUT2D eigenvalue weighted by Gasteiger charge is 2.13. The monoisotopic (exact) mass is 232 g/mol. The van der Waals surface area contributed by atoms with E-state index >= 15 is 0 Å². The van der Waals surface area contributed by atoms with Crippen LogP contribution in [0.3, 0.4) is 0 Å². The number of ether oxygens (including phenoxy) is 1. The number of pyridine rings is 1. The molecule has 2 aromatic rings. The Morgan fingerprint density at radius 2 is 2.41 bits per heavy atom. The van der Waals surface area contributed by atoms with Crippen LogP contribution in [-0.4, -0.2) is 34.4 Å². The Kier molecular flexibility index (Phi) is 2.92. The first-order valence-electron chi connectivity index (χ1n) is 6.07. The van der Waals surface area contributed by atoms with Gasteiger partial charge in [-0.15, -0.1) is 0 Å². The summed E-state index contributed by atoms with van der Waals surface area (Å²) >= 11 is 0. The maximum atomic E-state index is 5.66. The zero-order valence-corrected chi connectivity index (χ0v) is 9.65. The van der Waals surface area contributed by atoms with E-state index in [-0.39, 0.29) is 0 Å². The third kappa shape index (κ3) is 2.39. The van der Waals surface area contributed by atoms with Crippen molar-refractivity contribution in [2.75, 3.05) is 18.5 Å². The molecule has 5 nitrogen and oxygen atoms in total. The maximum absolute atomic E-state index is 5.66. The Morgan fingerprint density at radius 1 is 1.41 bits per heavy atom. The molecule has 0 aliphatic carbocycles. The van der Waals surface area contributed by atoms with Crippen molar-refractivity contribution in [3.63, 3.8) is 0 Å². The van der Waals surface area contributed by atoms with E-state index in [1.54, 1.807) is 6.20 Å². The first kappa shape index (κ1) is 10.5. The normalized spacial score (nSPS) is 20.6. The van der Waals surface area contributed by atoms with Gasteiger partial charge in [0.1, 0.15) is 5.82 Å². The minimum atomic E-state index is 0.322. The highest BCUT2D eigenvalue weighted by molar-refractivity contribution is 5.75. The molecule has 3 rings (SSSR count). The SMILES string of the molecule is c1cc2cn[nH]c2nc1NCC1CCCCO1. The van der Waals surface area contributed by atoms with Crippen LogP contribution in [0.2, 0.25) is 0 Å². The smallest absolute Gasteiger partial charge is 0.157 e. The number of nitrogens with one attached hydrogen (secondary N) is 2. The second-order valence-corrected chi connectivity index (χ2v) is 4.37. The Hall–Kier alpha value is -1.62. The van der Waals surface area contributed by atoms with E-state index in [0.29, 0.717) is 6.10 Å². The summed E-state index contributed by atoms with van der Waals surface area (Å²) in [6, 6.07) is 3.98. The van der Waals surface area contributed by atoms with E-state index in [4.69, 9.17) is 4.74 Å². The van der Waals surface area contributed by atoms with Crippen molar-refractivity contribution >= 4 is 16.9 Å². The van der Waals surface area contributed by atoms with Crippen molar-refractivity contribution in [1.82, 2.24) is 15.2 Å². The summed E-state index contributed by atoms with van der Waals surface area (Å²) < 4.78 is 5.66. The molecule has 17 heavy (non-hydrogen) atoms. The predicted octanol–water partition coefficient (Wildman–Crippen LogP) is 1.94. The molecule has 3 heterocycles. The number of aromatic amines is 1. The van der Waals surface area contributed by atoms with Crippen molar-refractivity contribution in [1.29, 1.82) is 0 Å². The van der Waals surface area contributed by atoms with Crippen LogP contribution in [0.25, 0.3) is 11.0 Å². The number of fused-ring (bicyclic) bond motifs is 1.